The van der Waals surface area contributed by atoms with Gasteiger partial charge in [-0.25, -0.2) is 9.59 Å². The van der Waals surface area contributed by atoms with E-state index in [-0.39, 0.29) is 24.1 Å². The van der Waals surface area contributed by atoms with Crippen molar-refractivity contribution in [1.29, 1.82) is 0 Å². The van der Waals surface area contributed by atoms with E-state index in [0.717, 1.165) is 12.8 Å². The number of rotatable bonds is 4. The van der Waals surface area contributed by atoms with Crippen molar-refractivity contribution in [2.24, 2.45) is 0 Å². The van der Waals surface area contributed by atoms with Gasteiger partial charge in [0.1, 0.15) is 0 Å². The number of carbonyl (C=O) groups excluding carboxylic acids is 2. The Morgan fingerprint density at radius 1 is 1.50 bits per heavy atom. The summed E-state index contributed by atoms with van der Waals surface area (Å²) in [6.07, 6.45) is 1.46. The van der Waals surface area contributed by atoms with Gasteiger partial charge in [0, 0.05) is 12.7 Å². The molecule has 0 bridgehead atoms. The van der Waals surface area contributed by atoms with E-state index in [2.05, 4.69) is 5.32 Å². The highest BCUT2D eigenvalue weighted by atomic mass is 16.5. The van der Waals surface area contributed by atoms with Gasteiger partial charge in [-0.15, -0.1) is 0 Å². The quantitative estimate of drug-likeness (QED) is 0.781. The van der Waals surface area contributed by atoms with Crippen LogP contribution in [0.4, 0.5) is 4.79 Å². The van der Waals surface area contributed by atoms with Gasteiger partial charge < -0.3 is 15.0 Å². The summed E-state index contributed by atoms with van der Waals surface area (Å²) in [5, 5.41) is 2.83. The summed E-state index contributed by atoms with van der Waals surface area (Å²) in [6, 6.07) is -0.419. The third-order valence-corrected chi connectivity index (χ3v) is 2.98. The van der Waals surface area contributed by atoms with Crippen LogP contribution in [-0.2, 0) is 9.53 Å². The molecule has 1 heterocycles. The zero-order chi connectivity index (χ0) is 13.9. The summed E-state index contributed by atoms with van der Waals surface area (Å²) in [5.74, 6) is -0.340. The normalized spacial score (nSPS) is 20.2. The lowest BCUT2D eigenvalue weighted by Crippen LogP contribution is -2.50. The van der Waals surface area contributed by atoms with Crippen LogP contribution in [0.1, 0.15) is 40.5 Å². The predicted molar refractivity (Wildman–Crippen MR) is 68.9 cm³/mol. The molecule has 1 unspecified atom stereocenters. The fourth-order valence-electron chi connectivity index (χ4n) is 1.98. The van der Waals surface area contributed by atoms with Crippen molar-refractivity contribution in [2.75, 3.05) is 7.05 Å². The molecule has 1 aliphatic heterocycles. The smallest absolute Gasteiger partial charge is 0.338 e. The average Bonchev–Trinajstić information content (AvgIpc) is 2.25. The SMILES string of the molecule is CCCC1NC(=O)N(C)C(C)=C1C(=O)OC(C)C. The topological polar surface area (TPSA) is 58.6 Å². The first-order valence-corrected chi connectivity index (χ1v) is 6.34. The maximum atomic E-state index is 12.1. The van der Waals surface area contributed by atoms with E-state index in [1.54, 1.807) is 14.0 Å². The Hall–Kier alpha value is -1.52. The maximum Gasteiger partial charge on any atom is 0.338 e. The predicted octanol–water partition coefficient (Wildman–Crippen LogP) is 2.04. The van der Waals surface area contributed by atoms with Gasteiger partial charge in [-0.3, -0.25) is 0 Å². The number of allylic oxidation sites excluding steroid dienone is 1. The fourth-order valence-corrected chi connectivity index (χ4v) is 1.98. The molecule has 0 aromatic rings. The highest BCUT2D eigenvalue weighted by Crippen LogP contribution is 2.22. The van der Waals surface area contributed by atoms with Crippen LogP contribution in [0.15, 0.2) is 11.3 Å². The number of urea groups is 1. The molecular weight excluding hydrogens is 232 g/mol. The third-order valence-electron chi connectivity index (χ3n) is 2.98. The van der Waals surface area contributed by atoms with Gasteiger partial charge in [0.05, 0.1) is 17.7 Å². The monoisotopic (exact) mass is 254 g/mol. The van der Waals surface area contributed by atoms with Crippen molar-refractivity contribution in [3.63, 3.8) is 0 Å². The van der Waals surface area contributed by atoms with Gasteiger partial charge in [0.25, 0.3) is 0 Å². The number of esters is 1. The number of nitrogens with one attached hydrogen (secondary N) is 1. The molecule has 0 saturated carbocycles. The lowest BCUT2D eigenvalue weighted by Gasteiger charge is -2.33. The number of ether oxygens (including phenoxy) is 1. The van der Waals surface area contributed by atoms with Gasteiger partial charge in [-0.05, 0) is 27.2 Å². The summed E-state index contributed by atoms with van der Waals surface area (Å²) in [4.78, 5) is 25.3. The number of hydrogen-bond donors (Lipinski definition) is 1. The van der Waals surface area contributed by atoms with E-state index in [1.807, 2.05) is 20.8 Å². The van der Waals surface area contributed by atoms with Gasteiger partial charge in [-0.2, -0.15) is 0 Å². The minimum Gasteiger partial charge on any atom is -0.460 e. The average molecular weight is 254 g/mol. The molecule has 0 aromatic heterocycles. The molecule has 0 saturated heterocycles. The van der Waals surface area contributed by atoms with Crippen molar-refractivity contribution >= 4 is 12.0 Å². The minimum atomic E-state index is -0.340. The van der Waals surface area contributed by atoms with Crippen molar-refractivity contribution in [1.82, 2.24) is 10.2 Å². The summed E-state index contributed by atoms with van der Waals surface area (Å²) in [7, 11) is 1.65. The zero-order valence-corrected chi connectivity index (χ0v) is 11.7. The van der Waals surface area contributed by atoms with E-state index in [9.17, 15) is 9.59 Å². The molecule has 1 rings (SSSR count). The maximum absolute atomic E-state index is 12.1. The first kappa shape index (κ1) is 14.5. The van der Waals surface area contributed by atoms with Crippen LogP contribution in [0.2, 0.25) is 0 Å². The summed E-state index contributed by atoms with van der Waals surface area (Å²) >= 11 is 0. The van der Waals surface area contributed by atoms with E-state index < -0.39 is 0 Å². The Morgan fingerprint density at radius 2 is 2.11 bits per heavy atom. The van der Waals surface area contributed by atoms with Crippen LogP contribution < -0.4 is 5.32 Å². The Balaban J connectivity index is 3.05. The molecule has 0 fully saturated rings. The molecule has 1 N–H and O–H groups in total. The van der Waals surface area contributed by atoms with Crippen LogP contribution in [0.25, 0.3) is 0 Å². The van der Waals surface area contributed by atoms with Gasteiger partial charge in [-0.1, -0.05) is 13.3 Å². The summed E-state index contributed by atoms with van der Waals surface area (Å²) in [6.45, 7) is 7.42. The van der Waals surface area contributed by atoms with Gasteiger partial charge in [0.2, 0.25) is 0 Å². The first-order valence-electron chi connectivity index (χ1n) is 6.34. The second kappa shape index (κ2) is 5.89. The molecule has 18 heavy (non-hydrogen) atoms. The van der Waals surface area contributed by atoms with Crippen molar-refractivity contribution in [3.05, 3.63) is 11.3 Å². The molecule has 0 aromatic carbocycles. The number of hydrogen-bond acceptors (Lipinski definition) is 3. The van der Waals surface area contributed by atoms with Crippen molar-refractivity contribution < 1.29 is 14.3 Å². The largest absolute Gasteiger partial charge is 0.460 e. The van der Waals surface area contributed by atoms with Crippen LogP contribution in [0.5, 0.6) is 0 Å². The second-order valence-corrected chi connectivity index (χ2v) is 4.80. The minimum absolute atomic E-state index is 0.164. The molecule has 5 nitrogen and oxygen atoms in total. The molecule has 0 spiro atoms. The van der Waals surface area contributed by atoms with Gasteiger partial charge >= 0.3 is 12.0 Å². The molecule has 1 aliphatic rings. The van der Waals surface area contributed by atoms with E-state index in [0.29, 0.717) is 11.3 Å². The zero-order valence-electron chi connectivity index (χ0n) is 11.7. The summed E-state index contributed by atoms with van der Waals surface area (Å²) < 4.78 is 5.25. The standard InChI is InChI=1S/C13H22N2O3/c1-6-7-10-11(12(16)18-8(2)3)9(4)15(5)13(17)14-10/h8,10H,6-7H2,1-5H3,(H,14,17). The summed E-state index contributed by atoms with van der Waals surface area (Å²) in [5.41, 5.74) is 1.23. The Labute approximate surface area is 108 Å². The molecule has 1 atom stereocenters. The number of nitrogens with zero attached hydrogens (tertiary/aromatic N) is 1. The highest BCUT2D eigenvalue weighted by Gasteiger charge is 2.33. The molecule has 0 aliphatic carbocycles. The molecule has 102 valence electrons. The lowest BCUT2D eigenvalue weighted by molar-refractivity contribution is -0.143. The molecule has 0 radical (unpaired) electrons. The van der Waals surface area contributed by atoms with E-state index >= 15 is 0 Å². The number of amides is 2. The Kier molecular flexibility index (Phi) is 4.76. The van der Waals surface area contributed by atoms with E-state index in [4.69, 9.17) is 4.74 Å². The first-order chi connectivity index (χ1) is 8.38. The molecular formula is C13H22N2O3. The highest BCUT2D eigenvalue weighted by molar-refractivity contribution is 5.94. The Bertz CT molecular complexity index is 374. The Morgan fingerprint density at radius 3 is 2.61 bits per heavy atom. The van der Waals surface area contributed by atoms with Crippen LogP contribution in [-0.4, -0.2) is 36.1 Å². The van der Waals surface area contributed by atoms with Gasteiger partial charge in [0.15, 0.2) is 0 Å². The lowest BCUT2D eigenvalue weighted by atomic mass is 9.98. The molecule has 5 heteroatoms. The number of carbonyl (C=O) groups is 2. The second-order valence-electron chi connectivity index (χ2n) is 4.80. The van der Waals surface area contributed by atoms with Crippen LogP contribution in [0.3, 0.4) is 0 Å². The van der Waals surface area contributed by atoms with Crippen molar-refractivity contribution in [2.45, 2.75) is 52.7 Å². The van der Waals surface area contributed by atoms with Crippen molar-refractivity contribution in [3.8, 4) is 0 Å². The third kappa shape index (κ3) is 3.03. The molecule has 2 amide bonds. The van der Waals surface area contributed by atoms with E-state index in [1.165, 1.54) is 4.90 Å². The fraction of sp³-hybridized carbons (Fsp3) is 0.692. The van der Waals surface area contributed by atoms with Crippen LogP contribution >= 0.6 is 0 Å². The van der Waals surface area contributed by atoms with Crippen LogP contribution in [0, 0.1) is 0 Å².